The molecule has 5 nitrogen and oxygen atoms in total. The smallest absolute Gasteiger partial charge is 0.213 e. The number of phenols is 1. The van der Waals surface area contributed by atoms with Gasteiger partial charge in [-0.3, -0.25) is 4.79 Å². The Morgan fingerprint density at radius 2 is 1.79 bits per heavy atom. The Morgan fingerprint density at radius 3 is 2.38 bits per heavy atom. The van der Waals surface area contributed by atoms with Crippen molar-refractivity contribution < 1.29 is 18.3 Å². The van der Waals surface area contributed by atoms with Crippen molar-refractivity contribution in [3.63, 3.8) is 0 Å². The number of carbonyl (C=O) groups excluding carboxylic acids is 1. The van der Waals surface area contributed by atoms with Crippen LogP contribution in [0.3, 0.4) is 0 Å². The van der Waals surface area contributed by atoms with Crippen molar-refractivity contribution in [2.75, 3.05) is 13.3 Å². The van der Waals surface area contributed by atoms with Crippen molar-refractivity contribution in [3.8, 4) is 5.75 Å². The number of aromatic hydroxyl groups is 1. The van der Waals surface area contributed by atoms with E-state index in [0.29, 0.717) is 17.5 Å². The van der Waals surface area contributed by atoms with E-state index < -0.39 is 9.84 Å². The van der Waals surface area contributed by atoms with Gasteiger partial charge in [0.1, 0.15) is 5.75 Å². The first-order valence-electron chi connectivity index (χ1n) is 7.22. The van der Waals surface area contributed by atoms with Crippen LogP contribution in [-0.4, -0.2) is 38.1 Å². The summed E-state index contributed by atoms with van der Waals surface area (Å²) >= 11 is 0. The lowest BCUT2D eigenvalue weighted by Gasteiger charge is -2.16. The van der Waals surface area contributed by atoms with Crippen LogP contribution in [0.5, 0.6) is 5.75 Å². The van der Waals surface area contributed by atoms with Crippen LogP contribution in [0.4, 0.5) is 0 Å². The second-order valence-electron chi connectivity index (χ2n) is 5.58. The molecule has 0 saturated heterocycles. The Bertz CT molecular complexity index is 901. The summed E-state index contributed by atoms with van der Waals surface area (Å²) in [5.74, 6) is -0.0591. The number of aryl methyl sites for hydroxylation is 1. The summed E-state index contributed by atoms with van der Waals surface area (Å²) in [5, 5.41) is 10.3. The Balaban J connectivity index is 2.76. The van der Waals surface area contributed by atoms with Crippen molar-refractivity contribution >= 4 is 21.8 Å². The van der Waals surface area contributed by atoms with Crippen LogP contribution >= 0.6 is 0 Å². The van der Waals surface area contributed by atoms with Gasteiger partial charge in [-0.2, -0.15) is 0 Å². The summed E-state index contributed by atoms with van der Waals surface area (Å²) in [6.45, 7) is 1.90. The SMILES string of the molecule is Cc1ccccc1/C(=C\N(C)C=O)c1cc(S(C)(=O)=O)ccc1O. The second kappa shape index (κ2) is 6.88. The topological polar surface area (TPSA) is 74.7 Å². The first-order valence-corrected chi connectivity index (χ1v) is 9.11. The standard InChI is InChI=1S/C18H19NO4S/c1-13-6-4-5-7-15(13)17(11-19(2)12-20)16-10-14(24(3,22)23)8-9-18(16)21/h4-12,21H,1-3H3/b17-11+. The van der Waals surface area contributed by atoms with Crippen molar-refractivity contribution in [3.05, 3.63) is 65.4 Å². The highest BCUT2D eigenvalue weighted by molar-refractivity contribution is 7.90. The van der Waals surface area contributed by atoms with E-state index in [0.717, 1.165) is 17.4 Å². The van der Waals surface area contributed by atoms with Gasteiger partial charge in [0.2, 0.25) is 6.41 Å². The molecule has 0 spiro atoms. The van der Waals surface area contributed by atoms with Crippen LogP contribution in [0, 0.1) is 6.92 Å². The molecule has 2 rings (SSSR count). The van der Waals surface area contributed by atoms with Crippen molar-refractivity contribution in [1.29, 1.82) is 0 Å². The lowest BCUT2D eigenvalue weighted by atomic mass is 9.94. The highest BCUT2D eigenvalue weighted by Gasteiger charge is 2.16. The zero-order chi connectivity index (χ0) is 17.9. The van der Waals surface area contributed by atoms with E-state index >= 15 is 0 Å². The van der Waals surface area contributed by atoms with Gasteiger partial charge in [-0.25, -0.2) is 8.42 Å². The van der Waals surface area contributed by atoms with Crippen molar-refractivity contribution in [2.45, 2.75) is 11.8 Å². The van der Waals surface area contributed by atoms with Gasteiger partial charge in [0.05, 0.1) is 4.90 Å². The highest BCUT2D eigenvalue weighted by atomic mass is 32.2. The average Bonchev–Trinajstić information content (AvgIpc) is 2.52. The molecule has 0 atom stereocenters. The minimum absolute atomic E-state index is 0.0591. The summed E-state index contributed by atoms with van der Waals surface area (Å²) in [5.41, 5.74) is 2.64. The monoisotopic (exact) mass is 345 g/mol. The Hall–Kier alpha value is -2.60. The number of hydrogen-bond donors (Lipinski definition) is 1. The lowest BCUT2D eigenvalue weighted by Crippen LogP contribution is -2.09. The van der Waals surface area contributed by atoms with Crippen LogP contribution in [0.1, 0.15) is 16.7 Å². The summed E-state index contributed by atoms with van der Waals surface area (Å²) in [6, 6.07) is 11.6. The molecule has 126 valence electrons. The maximum absolute atomic E-state index is 11.8. The molecule has 0 saturated carbocycles. The minimum atomic E-state index is -3.42. The summed E-state index contributed by atoms with van der Waals surface area (Å²) in [7, 11) is -1.85. The molecule has 0 bridgehead atoms. The molecule has 0 aliphatic carbocycles. The Morgan fingerprint density at radius 1 is 1.12 bits per heavy atom. The van der Waals surface area contributed by atoms with Gasteiger partial charge in [0.25, 0.3) is 0 Å². The number of sulfone groups is 1. The number of benzene rings is 2. The van der Waals surface area contributed by atoms with E-state index in [-0.39, 0.29) is 10.6 Å². The molecule has 0 aromatic heterocycles. The van der Waals surface area contributed by atoms with Crippen LogP contribution < -0.4 is 0 Å². The number of amides is 1. The maximum Gasteiger partial charge on any atom is 0.213 e. The first kappa shape index (κ1) is 17.7. The molecule has 1 amide bonds. The van der Waals surface area contributed by atoms with Crippen LogP contribution in [0.2, 0.25) is 0 Å². The van der Waals surface area contributed by atoms with Gasteiger partial charge in [-0.05, 0) is 36.2 Å². The van der Waals surface area contributed by atoms with E-state index in [4.69, 9.17) is 0 Å². The molecule has 0 heterocycles. The molecule has 1 N–H and O–H groups in total. The van der Waals surface area contributed by atoms with Gasteiger partial charge in [-0.1, -0.05) is 24.3 Å². The van der Waals surface area contributed by atoms with E-state index in [1.165, 1.54) is 23.1 Å². The van der Waals surface area contributed by atoms with Crippen LogP contribution in [0.25, 0.3) is 5.57 Å². The van der Waals surface area contributed by atoms with Gasteiger partial charge in [0.15, 0.2) is 9.84 Å². The molecule has 0 aliphatic heterocycles. The fourth-order valence-electron chi connectivity index (χ4n) is 2.35. The van der Waals surface area contributed by atoms with Crippen molar-refractivity contribution in [1.82, 2.24) is 4.90 Å². The van der Waals surface area contributed by atoms with E-state index in [1.54, 1.807) is 13.2 Å². The van der Waals surface area contributed by atoms with E-state index in [9.17, 15) is 18.3 Å². The summed E-state index contributed by atoms with van der Waals surface area (Å²) < 4.78 is 23.7. The van der Waals surface area contributed by atoms with Gasteiger partial charge < -0.3 is 10.0 Å². The lowest BCUT2D eigenvalue weighted by molar-refractivity contribution is -0.114. The minimum Gasteiger partial charge on any atom is -0.507 e. The summed E-state index contributed by atoms with van der Waals surface area (Å²) in [6.07, 6.45) is 3.31. The molecule has 24 heavy (non-hydrogen) atoms. The van der Waals surface area contributed by atoms with Gasteiger partial charge >= 0.3 is 0 Å². The summed E-state index contributed by atoms with van der Waals surface area (Å²) in [4.78, 5) is 12.4. The molecular weight excluding hydrogens is 326 g/mol. The van der Waals surface area contributed by atoms with E-state index in [1.807, 2.05) is 31.2 Å². The molecule has 6 heteroatoms. The molecule has 0 unspecified atom stereocenters. The third-order valence-electron chi connectivity index (χ3n) is 3.62. The predicted molar refractivity (Wildman–Crippen MR) is 93.3 cm³/mol. The molecule has 0 fully saturated rings. The third kappa shape index (κ3) is 3.83. The van der Waals surface area contributed by atoms with E-state index in [2.05, 4.69) is 0 Å². The maximum atomic E-state index is 11.8. The second-order valence-corrected chi connectivity index (χ2v) is 7.60. The van der Waals surface area contributed by atoms with Crippen LogP contribution in [0.15, 0.2) is 53.6 Å². The largest absolute Gasteiger partial charge is 0.507 e. The third-order valence-corrected chi connectivity index (χ3v) is 4.73. The molecular formula is C18H19NO4S. The van der Waals surface area contributed by atoms with Gasteiger partial charge in [-0.15, -0.1) is 0 Å². The average molecular weight is 345 g/mol. The number of rotatable bonds is 5. The normalized spacial score (nSPS) is 12.0. The molecule has 0 radical (unpaired) electrons. The molecule has 2 aromatic rings. The molecule has 0 aliphatic rings. The zero-order valence-corrected chi connectivity index (χ0v) is 14.5. The number of carbonyl (C=O) groups is 1. The quantitative estimate of drug-likeness (QED) is 0.845. The predicted octanol–water partition coefficient (Wildman–Crippen LogP) is 2.58. The number of phenolic OH excluding ortho intramolecular Hbond substituents is 1. The van der Waals surface area contributed by atoms with Crippen molar-refractivity contribution in [2.24, 2.45) is 0 Å². The fourth-order valence-corrected chi connectivity index (χ4v) is 3.00. The molecule has 2 aromatic carbocycles. The fraction of sp³-hybridized carbons (Fsp3) is 0.167. The Kier molecular flexibility index (Phi) is 5.09. The zero-order valence-electron chi connectivity index (χ0n) is 13.7. The van der Waals surface area contributed by atoms with Gasteiger partial charge in [0, 0.05) is 30.6 Å². The number of nitrogens with zero attached hydrogens (tertiary/aromatic N) is 1. The Labute approximate surface area is 141 Å². The first-order chi connectivity index (χ1) is 11.2. The van der Waals surface area contributed by atoms with Crippen LogP contribution in [-0.2, 0) is 14.6 Å². The number of hydrogen-bond acceptors (Lipinski definition) is 4. The highest BCUT2D eigenvalue weighted by Crippen LogP contribution is 2.34.